The number of benzene rings is 2. The Kier molecular flexibility index (Phi) is 6.83. The van der Waals surface area contributed by atoms with Gasteiger partial charge in [-0.2, -0.15) is 0 Å². The first-order valence-corrected chi connectivity index (χ1v) is 11.8. The molecule has 2 aliphatic rings. The summed E-state index contributed by atoms with van der Waals surface area (Å²) in [5.74, 6) is 1.83. The average molecular weight is 435 g/mol. The standard InChI is InChI=1S/C27H34N2O3/c1-28-25(30)12-7-20-3-5-21(6-4-20)19-22-13-17-29(18-14-22)26(31)27(15-16-27)23-8-10-24(32-2)11-9-23/h3-6,8-11,22H,7,12-19H2,1-2H3,(H,28,30). The Morgan fingerprint density at radius 2 is 1.62 bits per heavy atom. The second-order valence-corrected chi connectivity index (χ2v) is 9.24. The number of amides is 2. The number of nitrogens with one attached hydrogen (secondary N) is 1. The molecular formula is C27H34N2O3. The predicted octanol–water partition coefficient (Wildman–Crippen LogP) is 3.89. The van der Waals surface area contributed by atoms with Crippen molar-refractivity contribution >= 4 is 11.8 Å². The molecule has 1 N–H and O–H groups in total. The van der Waals surface area contributed by atoms with Gasteiger partial charge in [-0.3, -0.25) is 9.59 Å². The fourth-order valence-electron chi connectivity index (χ4n) is 4.86. The molecule has 2 amide bonds. The maximum atomic E-state index is 13.3. The van der Waals surface area contributed by atoms with Crippen molar-refractivity contribution in [3.8, 4) is 5.75 Å². The number of rotatable bonds is 8. The summed E-state index contributed by atoms with van der Waals surface area (Å²) in [6.45, 7) is 1.71. The Morgan fingerprint density at radius 1 is 1.00 bits per heavy atom. The molecule has 5 nitrogen and oxygen atoms in total. The number of aryl methyl sites for hydroxylation is 1. The molecule has 32 heavy (non-hydrogen) atoms. The van der Waals surface area contributed by atoms with Crippen molar-refractivity contribution in [1.82, 2.24) is 10.2 Å². The second-order valence-electron chi connectivity index (χ2n) is 9.24. The summed E-state index contributed by atoms with van der Waals surface area (Å²) in [7, 11) is 3.34. The van der Waals surface area contributed by atoms with Gasteiger partial charge < -0.3 is 15.0 Å². The van der Waals surface area contributed by atoms with Gasteiger partial charge in [0.1, 0.15) is 5.75 Å². The molecule has 1 aliphatic heterocycles. The Hall–Kier alpha value is -2.82. The first-order valence-electron chi connectivity index (χ1n) is 11.8. The van der Waals surface area contributed by atoms with Gasteiger partial charge in [0, 0.05) is 26.6 Å². The van der Waals surface area contributed by atoms with Gasteiger partial charge >= 0.3 is 0 Å². The minimum Gasteiger partial charge on any atom is -0.497 e. The molecular weight excluding hydrogens is 400 g/mol. The van der Waals surface area contributed by atoms with Gasteiger partial charge in [0.2, 0.25) is 11.8 Å². The number of hydrogen-bond acceptors (Lipinski definition) is 3. The molecule has 1 aliphatic carbocycles. The van der Waals surface area contributed by atoms with Gasteiger partial charge in [-0.25, -0.2) is 0 Å². The van der Waals surface area contributed by atoms with Crippen LogP contribution in [0.25, 0.3) is 0 Å². The summed E-state index contributed by atoms with van der Waals surface area (Å²) in [6.07, 6.45) is 6.37. The van der Waals surface area contributed by atoms with Crippen molar-refractivity contribution in [2.24, 2.45) is 5.92 Å². The van der Waals surface area contributed by atoms with E-state index >= 15 is 0 Å². The highest BCUT2D eigenvalue weighted by atomic mass is 16.5. The molecule has 0 radical (unpaired) electrons. The number of carbonyl (C=O) groups is 2. The molecule has 1 saturated heterocycles. The van der Waals surface area contributed by atoms with Crippen LogP contribution < -0.4 is 10.1 Å². The summed E-state index contributed by atoms with van der Waals surface area (Å²) < 4.78 is 5.26. The average Bonchev–Trinajstić information content (AvgIpc) is 3.65. The highest BCUT2D eigenvalue weighted by Gasteiger charge is 2.53. The summed E-state index contributed by atoms with van der Waals surface area (Å²) in [5, 5.41) is 2.67. The van der Waals surface area contributed by atoms with E-state index < -0.39 is 0 Å². The molecule has 170 valence electrons. The van der Waals surface area contributed by atoms with E-state index in [0.29, 0.717) is 18.2 Å². The molecule has 0 unspecified atom stereocenters. The third kappa shape index (κ3) is 4.98. The van der Waals surface area contributed by atoms with E-state index in [2.05, 4.69) is 46.6 Å². The maximum Gasteiger partial charge on any atom is 0.233 e. The first kappa shape index (κ1) is 22.4. The zero-order chi connectivity index (χ0) is 22.6. The lowest BCUT2D eigenvalue weighted by Crippen LogP contribution is -2.44. The lowest BCUT2D eigenvalue weighted by molar-refractivity contribution is -0.135. The topological polar surface area (TPSA) is 58.6 Å². The molecule has 0 atom stereocenters. The van der Waals surface area contributed by atoms with Gasteiger partial charge in [0.15, 0.2) is 0 Å². The molecule has 0 aromatic heterocycles. The van der Waals surface area contributed by atoms with Gasteiger partial charge in [0.05, 0.1) is 12.5 Å². The van der Waals surface area contributed by atoms with Crippen molar-refractivity contribution in [3.63, 3.8) is 0 Å². The first-order chi connectivity index (χ1) is 15.5. The number of methoxy groups -OCH3 is 1. The van der Waals surface area contributed by atoms with Crippen LogP contribution in [0.5, 0.6) is 5.75 Å². The van der Waals surface area contributed by atoms with Crippen LogP contribution in [0.2, 0.25) is 0 Å². The normalized spacial score (nSPS) is 17.6. The van der Waals surface area contributed by atoms with Crippen molar-refractivity contribution in [2.75, 3.05) is 27.2 Å². The van der Waals surface area contributed by atoms with Crippen LogP contribution in [0, 0.1) is 5.92 Å². The summed E-state index contributed by atoms with van der Waals surface area (Å²) in [5.41, 5.74) is 3.37. The molecule has 1 heterocycles. The lowest BCUT2D eigenvalue weighted by Gasteiger charge is -2.34. The minimum absolute atomic E-state index is 0.0790. The van der Waals surface area contributed by atoms with Gasteiger partial charge in [-0.05, 0) is 73.3 Å². The van der Waals surface area contributed by atoms with Crippen LogP contribution in [-0.4, -0.2) is 44.0 Å². The number of carbonyl (C=O) groups excluding carboxylic acids is 2. The van der Waals surface area contributed by atoms with E-state index in [-0.39, 0.29) is 11.3 Å². The van der Waals surface area contributed by atoms with Gasteiger partial charge in [-0.1, -0.05) is 36.4 Å². The Labute approximate surface area is 191 Å². The van der Waals surface area contributed by atoms with E-state index in [4.69, 9.17) is 4.74 Å². The molecule has 2 fully saturated rings. The number of piperidine rings is 1. The molecule has 2 aromatic carbocycles. The van der Waals surface area contributed by atoms with E-state index in [1.165, 1.54) is 11.1 Å². The summed E-state index contributed by atoms with van der Waals surface area (Å²) in [6, 6.07) is 16.7. The fourth-order valence-corrected chi connectivity index (χ4v) is 4.86. The Bertz CT molecular complexity index is 924. The number of hydrogen-bond donors (Lipinski definition) is 1. The quantitative estimate of drug-likeness (QED) is 0.686. The van der Waals surface area contributed by atoms with Gasteiger partial charge in [-0.15, -0.1) is 0 Å². The van der Waals surface area contributed by atoms with Crippen LogP contribution in [0.1, 0.15) is 48.8 Å². The zero-order valence-electron chi connectivity index (χ0n) is 19.2. The van der Waals surface area contributed by atoms with Crippen molar-refractivity contribution in [2.45, 2.75) is 50.4 Å². The molecule has 2 aromatic rings. The van der Waals surface area contributed by atoms with Gasteiger partial charge in [0.25, 0.3) is 0 Å². The second kappa shape index (κ2) is 9.76. The number of nitrogens with zero attached hydrogens (tertiary/aromatic N) is 1. The smallest absolute Gasteiger partial charge is 0.233 e. The molecule has 4 rings (SSSR count). The lowest BCUT2D eigenvalue weighted by atomic mass is 9.88. The van der Waals surface area contributed by atoms with Crippen LogP contribution in [0.15, 0.2) is 48.5 Å². The molecule has 1 saturated carbocycles. The van der Waals surface area contributed by atoms with Crippen LogP contribution in [0.4, 0.5) is 0 Å². The number of likely N-dealkylation sites (tertiary alicyclic amines) is 1. The Morgan fingerprint density at radius 3 is 2.19 bits per heavy atom. The summed E-state index contributed by atoms with van der Waals surface area (Å²) >= 11 is 0. The van der Waals surface area contributed by atoms with Crippen LogP contribution in [0.3, 0.4) is 0 Å². The SMILES string of the molecule is CNC(=O)CCc1ccc(CC2CCN(C(=O)C3(c4ccc(OC)cc4)CC3)CC2)cc1. The highest BCUT2D eigenvalue weighted by Crippen LogP contribution is 2.50. The molecule has 5 heteroatoms. The van der Waals surface area contributed by atoms with E-state index in [1.807, 2.05) is 12.1 Å². The molecule has 0 bridgehead atoms. The van der Waals surface area contributed by atoms with E-state index in [9.17, 15) is 9.59 Å². The highest BCUT2D eigenvalue weighted by molar-refractivity contribution is 5.91. The van der Waals surface area contributed by atoms with E-state index in [1.54, 1.807) is 14.2 Å². The fraction of sp³-hybridized carbons (Fsp3) is 0.481. The Balaban J connectivity index is 1.27. The van der Waals surface area contributed by atoms with Crippen molar-refractivity contribution in [3.05, 3.63) is 65.2 Å². The minimum atomic E-state index is -0.302. The van der Waals surface area contributed by atoms with Crippen molar-refractivity contribution in [1.29, 1.82) is 0 Å². The predicted molar refractivity (Wildman–Crippen MR) is 126 cm³/mol. The zero-order valence-corrected chi connectivity index (χ0v) is 19.2. The van der Waals surface area contributed by atoms with Crippen LogP contribution in [-0.2, 0) is 27.8 Å². The third-order valence-electron chi connectivity index (χ3n) is 7.17. The van der Waals surface area contributed by atoms with E-state index in [0.717, 1.165) is 62.9 Å². The van der Waals surface area contributed by atoms with Crippen molar-refractivity contribution < 1.29 is 14.3 Å². The largest absolute Gasteiger partial charge is 0.497 e. The molecule has 0 spiro atoms. The third-order valence-corrected chi connectivity index (χ3v) is 7.17. The monoisotopic (exact) mass is 434 g/mol. The summed E-state index contributed by atoms with van der Waals surface area (Å²) in [4.78, 5) is 26.8. The number of ether oxygens (including phenoxy) is 1. The maximum absolute atomic E-state index is 13.3. The van der Waals surface area contributed by atoms with Crippen LogP contribution >= 0.6 is 0 Å².